The maximum absolute atomic E-state index is 11.3. The van der Waals surface area contributed by atoms with Crippen molar-refractivity contribution in [3.05, 3.63) is 34.9 Å². The molecule has 19 heavy (non-hydrogen) atoms. The SMILES string of the molecule is O=C(O)C1NCCNC1c1ccc2c(c1)CCCC2. The molecule has 1 heterocycles. The molecule has 4 heteroatoms. The van der Waals surface area contributed by atoms with Gasteiger partial charge in [0, 0.05) is 13.1 Å². The van der Waals surface area contributed by atoms with Crippen molar-refractivity contribution in [3.8, 4) is 0 Å². The maximum atomic E-state index is 11.3. The van der Waals surface area contributed by atoms with Crippen LogP contribution in [0.3, 0.4) is 0 Å². The zero-order valence-corrected chi connectivity index (χ0v) is 11.0. The van der Waals surface area contributed by atoms with Gasteiger partial charge in [-0.3, -0.25) is 4.79 Å². The van der Waals surface area contributed by atoms with E-state index in [2.05, 4.69) is 28.8 Å². The molecule has 3 N–H and O–H groups in total. The molecular formula is C15H20N2O2. The average Bonchev–Trinajstić information content (AvgIpc) is 2.46. The smallest absolute Gasteiger partial charge is 0.322 e. The van der Waals surface area contributed by atoms with Gasteiger partial charge in [-0.15, -0.1) is 0 Å². The highest BCUT2D eigenvalue weighted by atomic mass is 16.4. The van der Waals surface area contributed by atoms with Crippen molar-refractivity contribution in [2.75, 3.05) is 13.1 Å². The quantitative estimate of drug-likeness (QED) is 0.749. The number of piperazine rings is 1. The highest BCUT2D eigenvalue weighted by Gasteiger charge is 2.31. The molecule has 1 aromatic rings. The number of aliphatic carboxylic acids is 1. The van der Waals surface area contributed by atoms with Gasteiger partial charge in [-0.1, -0.05) is 18.2 Å². The number of nitrogens with one attached hydrogen (secondary N) is 2. The van der Waals surface area contributed by atoms with Gasteiger partial charge in [-0.05, 0) is 42.4 Å². The van der Waals surface area contributed by atoms with Crippen LogP contribution in [0.4, 0.5) is 0 Å². The monoisotopic (exact) mass is 260 g/mol. The van der Waals surface area contributed by atoms with E-state index in [0.717, 1.165) is 24.9 Å². The van der Waals surface area contributed by atoms with E-state index < -0.39 is 12.0 Å². The molecule has 4 nitrogen and oxygen atoms in total. The van der Waals surface area contributed by atoms with E-state index in [4.69, 9.17) is 0 Å². The van der Waals surface area contributed by atoms with E-state index in [1.807, 2.05) is 0 Å². The fourth-order valence-electron chi connectivity index (χ4n) is 3.18. The van der Waals surface area contributed by atoms with Crippen LogP contribution in [0.5, 0.6) is 0 Å². The van der Waals surface area contributed by atoms with Crippen LogP contribution in [0.1, 0.15) is 35.6 Å². The van der Waals surface area contributed by atoms with Crippen molar-refractivity contribution >= 4 is 5.97 Å². The minimum Gasteiger partial charge on any atom is -0.480 e. The molecule has 0 aromatic heterocycles. The first-order valence-electron chi connectivity index (χ1n) is 7.07. The van der Waals surface area contributed by atoms with E-state index in [-0.39, 0.29) is 6.04 Å². The Morgan fingerprint density at radius 2 is 1.84 bits per heavy atom. The molecule has 0 radical (unpaired) electrons. The van der Waals surface area contributed by atoms with Crippen LogP contribution in [0.15, 0.2) is 18.2 Å². The summed E-state index contributed by atoms with van der Waals surface area (Å²) in [6, 6.07) is 5.81. The Bertz CT molecular complexity index is 487. The van der Waals surface area contributed by atoms with Crippen molar-refractivity contribution in [2.45, 2.75) is 37.8 Å². The number of benzene rings is 1. The molecule has 1 aliphatic carbocycles. The largest absolute Gasteiger partial charge is 0.480 e. The predicted molar refractivity (Wildman–Crippen MR) is 73.3 cm³/mol. The van der Waals surface area contributed by atoms with Crippen LogP contribution in [0.2, 0.25) is 0 Å². The molecule has 2 aliphatic rings. The second-order valence-electron chi connectivity index (χ2n) is 5.44. The van der Waals surface area contributed by atoms with Gasteiger partial charge in [0.15, 0.2) is 0 Å². The van der Waals surface area contributed by atoms with Crippen molar-refractivity contribution < 1.29 is 9.90 Å². The zero-order valence-electron chi connectivity index (χ0n) is 11.0. The molecule has 0 saturated carbocycles. The molecule has 3 rings (SSSR count). The van der Waals surface area contributed by atoms with E-state index in [1.54, 1.807) is 0 Å². The first-order chi connectivity index (χ1) is 9.25. The second kappa shape index (κ2) is 5.31. The van der Waals surface area contributed by atoms with Crippen molar-refractivity contribution in [3.63, 3.8) is 0 Å². The van der Waals surface area contributed by atoms with Crippen LogP contribution in [-0.2, 0) is 17.6 Å². The van der Waals surface area contributed by atoms with Gasteiger partial charge in [-0.25, -0.2) is 0 Å². The Hall–Kier alpha value is -1.39. The lowest BCUT2D eigenvalue weighted by atomic mass is 9.87. The lowest BCUT2D eigenvalue weighted by Crippen LogP contribution is -2.54. The Kier molecular flexibility index (Phi) is 3.53. The molecule has 0 amide bonds. The highest BCUT2D eigenvalue weighted by molar-refractivity contribution is 5.75. The molecule has 1 aromatic carbocycles. The van der Waals surface area contributed by atoms with Crippen LogP contribution in [0, 0.1) is 0 Å². The van der Waals surface area contributed by atoms with Crippen molar-refractivity contribution in [1.29, 1.82) is 0 Å². The molecule has 0 spiro atoms. The summed E-state index contributed by atoms with van der Waals surface area (Å²) in [5.41, 5.74) is 3.94. The lowest BCUT2D eigenvalue weighted by molar-refractivity contribution is -0.140. The fourth-order valence-corrected chi connectivity index (χ4v) is 3.18. The third kappa shape index (κ3) is 2.51. The van der Waals surface area contributed by atoms with Crippen LogP contribution in [-0.4, -0.2) is 30.2 Å². The van der Waals surface area contributed by atoms with E-state index in [9.17, 15) is 9.90 Å². The van der Waals surface area contributed by atoms with E-state index in [0.29, 0.717) is 6.54 Å². The lowest BCUT2D eigenvalue weighted by Gasteiger charge is -2.32. The summed E-state index contributed by atoms with van der Waals surface area (Å²) in [5.74, 6) is -0.782. The highest BCUT2D eigenvalue weighted by Crippen LogP contribution is 2.26. The van der Waals surface area contributed by atoms with E-state index >= 15 is 0 Å². The topological polar surface area (TPSA) is 61.4 Å². The van der Waals surface area contributed by atoms with Crippen LogP contribution >= 0.6 is 0 Å². The standard InChI is InChI=1S/C15H20N2O2/c18-15(19)14-13(16-7-8-17-14)12-6-5-10-3-1-2-4-11(10)9-12/h5-6,9,13-14,16-17H,1-4,7-8H2,(H,18,19). The van der Waals surface area contributed by atoms with Gasteiger partial charge < -0.3 is 15.7 Å². The summed E-state index contributed by atoms with van der Waals surface area (Å²) in [7, 11) is 0. The van der Waals surface area contributed by atoms with Crippen LogP contribution < -0.4 is 10.6 Å². The van der Waals surface area contributed by atoms with Gasteiger partial charge in [0.25, 0.3) is 0 Å². The molecule has 102 valence electrons. The number of hydrogen-bond acceptors (Lipinski definition) is 3. The summed E-state index contributed by atoms with van der Waals surface area (Å²) in [4.78, 5) is 11.3. The molecular weight excluding hydrogens is 240 g/mol. The van der Waals surface area contributed by atoms with Crippen molar-refractivity contribution in [2.24, 2.45) is 0 Å². The number of rotatable bonds is 2. The third-order valence-corrected chi connectivity index (χ3v) is 4.18. The van der Waals surface area contributed by atoms with Gasteiger partial charge >= 0.3 is 5.97 Å². The first-order valence-corrected chi connectivity index (χ1v) is 7.07. The molecule has 2 unspecified atom stereocenters. The minimum absolute atomic E-state index is 0.126. The molecule has 2 atom stereocenters. The molecule has 1 aliphatic heterocycles. The van der Waals surface area contributed by atoms with Gasteiger partial charge in [-0.2, -0.15) is 0 Å². The Balaban J connectivity index is 1.89. The molecule has 0 bridgehead atoms. The Labute approximate surface area is 113 Å². The summed E-state index contributed by atoms with van der Waals surface area (Å²) in [6.07, 6.45) is 4.80. The van der Waals surface area contributed by atoms with Gasteiger partial charge in [0.1, 0.15) is 6.04 Å². The number of carboxylic acid groups (broad SMARTS) is 1. The predicted octanol–water partition coefficient (Wildman–Crippen LogP) is 1.25. The van der Waals surface area contributed by atoms with Gasteiger partial charge in [0.05, 0.1) is 6.04 Å². The fraction of sp³-hybridized carbons (Fsp3) is 0.533. The minimum atomic E-state index is -0.782. The van der Waals surface area contributed by atoms with Gasteiger partial charge in [0.2, 0.25) is 0 Å². The number of carboxylic acids is 1. The van der Waals surface area contributed by atoms with Crippen molar-refractivity contribution in [1.82, 2.24) is 10.6 Å². The zero-order chi connectivity index (χ0) is 13.2. The summed E-state index contributed by atoms with van der Waals surface area (Å²) in [6.45, 7) is 1.52. The van der Waals surface area contributed by atoms with Crippen LogP contribution in [0.25, 0.3) is 0 Å². The second-order valence-corrected chi connectivity index (χ2v) is 5.44. The van der Waals surface area contributed by atoms with E-state index in [1.165, 1.54) is 24.0 Å². The first kappa shape index (κ1) is 12.6. The summed E-state index contributed by atoms with van der Waals surface area (Å²) >= 11 is 0. The summed E-state index contributed by atoms with van der Waals surface area (Å²) < 4.78 is 0. The average molecular weight is 260 g/mol. The number of aryl methyl sites for hydroxylation is 2. The number of hydrogen-bond donors (Lipinski definition) is 3. The summed E-state index contributed by atoms with van der Waals surface area (Å²) in [5, 5.41) is 15.7. The molecule has 1 fully saturated rings. The number of carbonyl (C=O) groups is 1. The Morgan fingerprint density at radius 1 is 1.11 bits per heavy atom. The Morgan fingerprint density at radius 3 is 2.63 bits per heavy atom. The molecule has 1 saturated heterocycles. The third-order valence-electron chi connectivity index (χ3n) is 4.18. The number of fused-ring (bicyclic) bond motifs is 1. The normalized spacial score (nSPS) is 26.7. The maximum Gasteiger partial charge on any atom is 0.322 e.